The van der Waals surface area contributed by atoms with E-state index in [-0.39, 0.29) is 0 Å². The fraction of sp³-hybridized carbons (Fsp3) is 0.750. The lowest BCUT2D eigenvalue weighted by Gasteiger charge is -2.31. The highest BCUT2D eigenvalue weighted by Crippen LogP contribution is 2.21. The molecule has 0 radical (unpaired) electrons. The summed E-state index contributed by atoms with van der Waals surface area (Å²) in [6, 6.07) is 0.767. The third-order valence-corrected chi connectivity index (χ3v) is 5.17. The van der Waals surface area contributed by atoms with Crippen molar-refractivity contribution in [2.75, 3.05) is 27.2 Å². The zero-order valence-corrected chi connectivity index (χ0v) is 14.9. The van der Waals surface area contributed by atoms with Gasteiger partial charge >= 0.3 is 0 Å². The van der Waals surface area contributed by atoms with Gasteiger partial charge < -0.3 is 15.5 Å². The largest absolute Gasteiger partial charge is 0.355 e. The van der Waals surface area contributed by atoms with Crippen molar-refractivity contribution >= 4 is 17.3 Å². The smallest absolute Gasteiger partial charge is 0.191 e. The first-order valence-electron chi connectivity index (χ1n) is 8.25. The lowest BCUT2D eigenvalue weighted by molar-refractivity contribution is 0.194. The van der Waals surface area contributed by atoms with Gasteiger partial charge in [0.05, 0.1) is 6.54 Å². The summed E-state index contributed by atoms with van der Waals surface area (Å²) < 4.78 is 0. The van der Waals surface area contributed by atoms with Gasteiger partial charge in [-0.05, 0) is 26.8 Å². The topological polar surface area (TPSA) is 52.6 Å². The molecule has 1 aromatic heterocycles. The number of likely N-dealkylation sites (N-methyl/N-ethyl adjacent to an activating group) is 1. The Kier molecular flexibility index (Phi) is 7.12. The lowest BCUT2D eigenvalue weighted by Crippen LogP contribution is -2.43. The van der Waals surface area contributed by atoms with Gasteiger partial charge in [0.15, 0.2) is 5.96 Å². The molecule has 0 saturated heterocycles. The predicted molar refractivity (Wildman–Crippen MR) is 94.6 cm³/mol. The molecule has 2 rings (SSSR count). The van der Waals surface area contributed by atoms with Crippen LogP contribution in [0.3, 0.4) is 0 Å². The molecule has 0 aliphatic heterocycles. The van der Waals surface area contributed by atoms with Crippen molar-refractivity contribution in [2.24, 2.45) is 4.99 Å². The molecule has 0 bridgehead atoms. The number of nitrogens with one attached hydrogen (secondary N) is 2. The first-order valence-corrected chi connectivity index (χ1v) is 9.06. The van der Waals surface area contributed by atoms with E-state index in [9.17, 15) is 0 Å². The van der Waals surface area contributed by atoms with Crippen LogP contribution >= 0.6 is 11.3 Å². The van der Waals surface area contributed by atoms with E-state index in [0.717, 1.165) is 36.6 Å². The van der Waals surface area contributed by atoms with Crippen LogP contribution in [-0.2, 0) is 6.54 Å². The monoisotopic (exact) mass is 323 g/mol. The van der Waals surface area contributed by atoms with E-state index in [1.54, 1.807) is 11.3 Å². The van der Waals surface area contributed by atoms with Crippen LogP contribution in [0.4, 0.5) is 0 Å². The van der Waals surface area contributed by atoms with E-state index in [4.69, 9.17) is 0 Å². The summed E-state index contributed by atoms with van der Waals surface area (Å²) in [4.78, 5) is 12.4. The number of aryl methyl sites for hydroxylation is 1. The number of rotatable bonds is 6. The Balaban J connectivity index is 1.65. The molecular formula is C16H29N5S. The number of hydrogen-bond donors (Lipinski definition) is 2. The molecule has 5 nitrogen and oxygen atoms in total. The Hall–Kier alpha value is -1.14. The molecule has 1 fully saturated rings. The van der Waals surface area contributed by atoms with Crippen LogP contribution in [0, 0.1) is 6.92 Å². The average Bonchev–Trinajstić information content (AvgIpc) is 2.96. The Morgan fingerprint density at radius 3 is 2.77 bits per heavy atom. The second kappa shape index (κ2) is 9.10. The Morgan fingerprint density at radius 2 is 2.14 bits per heavy atom. The molecule has 124 valence electrons. The third-order valence-electron chi connectivity index (χ3n) is 4.25. The van der Waals surface area contributed by atoms with Crippen LogP contribution in [0.1, 0.15) is 42.0 Å². The van der Waals surface area contributed by atoms with Crippen LogP contribution in [0.2, 0.25) is 0 Å². The van der Waals surface area contributed by atoms with Crippen molar-refractivity contribution in [3.63, 3.8) is 0 Å². The van der Waals surface area contributed by atoms with Crippen molar-refractivity contribution in [1.82, 2.24) is 20.5 Å². The minimum Gasteiger partial charge on any atom is -0.355 e. The van der Waals surface area contributed by atoms with Gasteiger partial charge in [0.25, 0.3) is 0 Å². The molecule has 1 saturated carbocycles. The molecule has 1 aliphatic rings. The maximum atomic E-state index is 4.36. The zero-order valence-electron chi connectivity index (χ0n) is 14.1. The Bertz CT molecular complexity index is 465. The highest BCUT2D eigenvalue weighted by Gasteiger charge is 2.17. The van der Waals surface area contributed by atoms with Gasteiger partial charge in [0.1, 0.15) is 5.01 Å². The van der Waals surface area contributed by atoms with Crippen LogP contribution in [-0.4, -0.2) is 49.1 Å². The molecule has 0 spiro atoms. The maximum absolute atomic E-state index is 4.36. The first-order chi connectivity index (χ1) is 10.7. The van der Waals surface area contributed by atoms with Crippen molar-refractivity contribution in [2.45, 2.75) is 51.6 Å². The minimum atomic E-state index is 0.733. The second-order valence-corrected chi connectivity index (χ2v) is 7.31. The zero-order chi connectivity index (χ0) is 15.8. The molecule has 1 aromatic rings. The second-order valence-electron chi connectivity index (χ2n) is 5.99. The molecule has 1 heterocycles. The average molecular weight is 324 g/mol. The number of aromatic nitrogens is 1. The maximum Gasteiger partial charge on any atom is 0.191 e. The van der Waals surface area contributed by atoms with E-state index in [0.29, 0.717) is 0 Å². The van der Waals surface area contributed by atoms with Gasteiger partial charge in [-0.1, -0.05) is 19.3 Å². The summed E-state index contributed by atoms with van der Waals surface area (Å²) in [5.41, 5.74) is 0. The Labute approximate surface area is 138 Å². The normalized spacial score (nSPS) is 17.0. The fourth-order valence-electron chi connectivity index (χ4n) is 2.92. The highest BCUT2D eigenvalue weighted by molar-refractivity contribution is 7.11. The fourth-order valence-corrected chi connectivity index (χ4v) is 3.64. The molecule has 2 N–H and O–H groups in total. The van der Waals surface area contributed by atoms with Gasteiger partial charge in [0.2, 0.25) is 0 Å². The quantitative estimate of drug-likeness (QED) is 0.623. The van der Waals surface area contributed by atoms with Crippen LogP contribution in [0.5, 0.6) is 0 Å². The summed E-state index contributed by atoms with van der Waals surface area (Å²) in [6.45, 7) is 4.79. The molecule has 0 amide bonds. The van der Waals surface area contributed by atoms with Crippen LogP contribution in [0.15, 0.2) is 11.2 Å². The van der Waals surface area contributed by atoms with Gasteiger partial charge in [0, 0.05) is 37.3 Å². The predicted octanol–water partition coefficient (Wildman–Crippen LogP) is 2.38. The number of nitrogens with zero attached hydrogens (tertiary/aromatic N) is 3. The van der Waals surface area contributed by atoms with E-state index in [1.807, 2.05) is 13.2 Å². The van der Waals surface area contributed by atoms with Gasteiger partial charge in [-0.3, -0.25) is 4.99 Å². The van der Waals surface area contributed by atoms with Crippen molar-refractivity contribution in [3.8, 4) is 0 Å². The van der Waals surface area contributed by atoms with E-state index in [1.165, 1.54) is 37.0 Å². The van der Waals surface area contributed by atoms with Crippen LogP contribution < -0.4 is 10.6 Å². The first kappa shape index (κ1) is 17.2. The van der Waals surface area contributed by atoms with Crippen LogP contribution in [0.25, 0.3) is 0 Å². The summed E-state index contributed by atoms with van der Waals surface area (Å²) in [6.07, 6.45) is 8.81. The van der Waals surface area contributed by atoms with E-state index >= 15 is 0 Å². The number of aliphatic imine (C=N–C) groups is 1. The number of hydrogen-bond acceptors (Lipinski definition) is 4. The van der Waals surface area contributed by atoms with Gasteiger partial charge in [-0.15, -0.1) is 11.3 Å². The lowest BCUT2D eigenvalue weighted by atomic mass is 9.94. The van der Waals surface area contributed by atoms with Gasteiger partial charge in [-0.25, -0.2) is 4.98 Å². The number of thiazole rings is 1. The standard InChI is InChI=1S/C16H29N5S/c1-13-11-19-15(22-13)12-20-16(17-2)18-9-10-21(3)14-7-5-4-6-8-14/h11,14H,4-10,12H2,1-3H3,(H2,17,18,20). The van der Waals surface area contributed by atoms with Crippen molar-refractivity contribution in [1.29, 1.82) is 0 Å². The summed E-state index contributed by atoms with van der Waals surface area (Å²) >= 11 is 1.72. The molecule has 0 aromatic carbocycles. The van der Waals surface area contributed by atoms with Gasteiger partial charge in [-0.2, -0.15) is 0 Å². The summed E-state index contributed by atoms with van der Waals surface area (Å²) in [7, 11) is 4.06. The number of guanidine groups is 1. The molecule has 0 atom stereocenters. The Morgan fingerprint density at radius 1 is 1.36 bits per heavy atom. The molecule has 1 aliphatic carbocycles. The minimum absolute atomic E-state index is 0.733. The highest BCUT2D eigenvalue weighted by atomic mass is 32.1. The molecule has 6 heteroatoms. The molecular weight excluding hydrogens is 294 g/mol. The third kappa shape index (κ3) is 5.57. The molecule has 22 heavy (non-hydrogen) atoms. The van der Waals surface area contributed by atoms with Crippen molar-refractivity contribution in [3.05, 3.63) is 16.1 Å². The van der Waals surface area contributed by atoms with E-state index in [2.05, 4.69) is 39.5 Å². The molecule has 0 unspecified atom stereocenters. The SMILES string of the molecule is CN=C(NCCN(C)C1CCCCC1)NCc1ncc(C)s1. The van der Waals surface area contributed by atoms with Crippen molar-refractivity contribution < 1.29 is 0 Å². The summed E-state index contributed by atoms with van der Waals surface area (Å²) in [5, 5.41) is 7.81. The van der Waals surface area contributed by atoms with E-state index < -0.39 is 0 Å². The summed E-state index contributed by atoms with van der Waals surface area (Å²) in [5.74, 6) is 0.852.